The van der Waals surface area contributed by atoms with Gasteiger partial charge < -0.3 is 15.1 Å². The minimum absolute atomic E-state index is 0.0276. The topological polar surface area (TPSA) is 81.1 Å². The fourth-order valence-electron chi connectivity index (χ4n) is 10.1. The first kappa shape index (κ1) is 56.6. The van der Waals surface area contributed by atoms with E-state index in [1.54, 1.807) is 6.07 Å². The van der Waals surface area contributed by atoms with Crippen LogP contribution in [0.15, 0.2) is 109 Å². The zero-order chi connectivity index (χ0) is 53.4. The number of nitrogens with zero attached hydrogens (tertiary/aromatic N) is 2. The Morgan fingerprint density at radius 2 is 0.877 bits per heavy atom. The van der Waals surface area contributed by atoms with Crippen LogP contribution in [0.1, 0.15) is 141 Å². The lowest BCUT2D eigenvalue weighted by atomic mass is 9.83. The summed E-state index contributed by atoms with van der Waals surface area (Å²) >= 11 is 0. The molecule has 0 amide bonds. The Bertz CT molecular complexity index is 2610. The van der Waals surface area contributed by atoms with Crippen molar-refractivity contribution in [3.63, 3.8) is 0 Å². The lowest BCUT2D eigenvalue weighted by Crippen LogP contribution is -2.34. The Morgan fingerprint density at radius 3 is 1.22 bits per heavy atom. The largest absolute Gasteiger partial charge is 0.481 e. The average Bonchev–Trinajstić information content (AvgIpc) is 3.34. The van der Waals surface area contributed by atoms with E-state index in [1.807, 2.05) is 58.0 Å². The molecule has 5 aromatic rings. The summed E-state index contributed by atoms with van der Waals surface area (Å²) in [5.41, 5.74) is 4.60. The summed E-state index contributed by atoms with van der Waals surface area (Å²) < 4.78 is 117. The Labute approximate surface area is 422 Å². The molecule has 2 aliphatic rings. The molecule has 6 nitrogen and oxygen atoms in total. The predicted molar refractivity (Wildman–Crippen MR) is 266 cm³/mol. The fourth-order valence-corrected chi connectivity index (χ4v) is 10.1. The molecular formula is C58H65F9N2O4. The molecule has 0 saturated carbocycles. The number of carboxylic acids is 2. The second kappa shape index (κ2) is 24.1. The van der Waals surface area contributed by atoms with Crippen LogP contribution in [0.3, 0.4) is 0 Å². The van der Waals surface area contributed by atoms with Crippen LogP contribution < -0.4 is 0 Å². The third-order valence-electron chi connectivity index (χ3n) is 14.0. The van der Waals surface area contributed by atoms with Gasteiger partial charge in [0, 0.05) is 19.6 Å². The maximum atomic E-state index is 13.2. The normalized spacial score (nSPS) is 18.0. The third-order valence-corrected chi connectivity index (χ3v) is 14.0. The minimum atomic E-state index is -4.46. The van der Waals surface area contributed by atoms with Gasteiger partial charge in [-0.15, -0.1) is 0 Å². The van der Waals surface area contributed by atoms with Crippen LogP contribution in [-0.4, -0.2) is 64.7 Å². The maximum absolute atomic E-state index is 13.2. The number of likely N-dealkylation sites (N-methyl/N-ethyl adjacent to an activating group) is 1. The van der Waals surface area contributed by atoms with E-state index in [4.69, 9.17) is 0 Å². The molecule has 0 spiro atoms. The summed E-state index contributed by atoms with van der Waals surface area (Å²) in [5, 5.41) is 19.9. The first-order chi connectivity index (χ1) is 34.3. The van der Waals surface area contributed by atoms with Crippen LogP contribution in [0.25, 0.3) is 22.3 Å². The van der Waals surface area contributed by atoms with E-state index in [9.17, 15) is 59.3 Å². The first-order valence-electron chi connectivity index (χ1n) is 25.0. The number of piperidine rings is 2. The second-order valence-electron chi connectivity index (χ2n) is 20.5. The molecular weight excluding hydrogens is 960 g/mol. The molecule has 73 heavy (non-hydrogen) atoms. The molecule has 2 N–H and O–H groups in total. The highest BCUT2D eigenvalue weighted by Crippen LogP contribution is 2.40. The summed E-state index contributed by atoms with van der Waals surface area (Å²) in [5.74, 6) is -2.60. The van der Waals surface area contributed by atoms with E-state index < -0.39 is 59.0 Å². The molecule has 4 atom stereocenters. The number of aliphatic carboxylic acids is 2. The van der Waals surface area contributed by atoms with Crippen LogP contribution in [0.5, 0.6) is 0 Å². The van der Waals surface area contributed by atoms with E-state index in [1.165, 1.54) is 36.4 Å². The number of halogens is 9. The van der Waals surface area contributed by atoms with Crippen LogP contribution in [0.2, 0.25) is 0 Å². The molecule has 7 rings (SSSR count). The van der Waals surface area contributed by atoms with Gasteiger partial charge in [0.25, 0.3) is 0 Å². The van der Waals surface area contributed by atoms with E-state index in [0.717, 1.165) is 116 Å². The number of likely N-dealkylation sites (tertiary alicyclic amines) is 2. The van der Waals surface area contributed by atoms with Crippen molar-refractivity contribution in [1.82, 2.24) is 9.80 Å². The minimum Gasteiger partial charge on any atom is -0.481 e. The van der Waals surface area contributed by atoms with Gasteiger partial charge in [-0.05, 0) is 168 Å². The number of benzene rings is 5. The van der Waals surface area contributed by atoms with Crippen molar-refractivity contribution >= 4 is 11.9 Å². The van der Waals surface area contributed by atoms with Gasteiger partial charge in [-0.25, -0.2) is 0 Å². The number of hydrogen-bond donors (Lipinski definition) is 2. The molecule has 2 heterocycles. The molecule has 4 unspecified atom stereocenters. The van der Waals surface area contributed by atoms with E-state index in [0.29, 0.717) is 48.2 Å². The lowest BCUT2D eigenvalue weighted by molar-refractivity contribution is -0.140. The van der Waals surface area contributed by atoms with Crippen molar-refractivity contribution in [2.75, 3.05) is 32.7 Å². The number of alkyl halides is 9. The van der Waals surface area contributed by atoms with E-state index in [2.05, 4.69) is 16.7 Å². The summed E-state index contributed by atoms with van der Waals surface area (Å²) in [6.45, 7) is 14.8. The molecule has 0 radical (unpaired) electrons. The number of rotatable bonds is 15. The summed E-state index contributed by atoms with van der Waals surface area (Å²) in [6.07, 6.45) is -8.54. The van der Waals surface area contributed by atoms with Gasteiger partial charge >= 0.3 is 30.5 Å². The van der Waals surface area contributed by atoms with Gasteiger partial charge in [0.1, 0.15) is 0 Å². The van der Waals surface area contributed by atoms with Gasteiger partial charge in [-0.2, -0.15) is 39.5 Å². The lowest BCUT2D eigenvalue weighted by Gasteiger charge is -2.33. The Balaban J connectivity index is 0.000000246. The Hall–Kier alpha value is -5.67. The van der Waals surface area contributed by atoms with Crippen molar-refractivity contribution < 1.29 is 59.3 Å². The highest BCUT2D eigenvalue weighted by atomic mass is 19.4. The zero-order valence-corrected chi connectivity index (χ0v) is 41.8. The molecule has 2 fully saturated rings. The summed E-state index contributed by atoms with van der Waals surface area (Å²) in [6, 6.07) is 26.6. The quantitative estimate of drug-likeness (QED) is 0.102. The van der Waals surface area contributed by atoms with Gasteiger partial charge in [0.2, 0.25) is 0 Å². The third kappa shape index (κ3) is 15.7. The van der Waals surface area contributed by atoms with Crippen molar-refractivity contribution in [2.45, 2.75) is 122 Å². The van der Waals surface area contributed by atoms with Crippen molar-refractivity contribution in [3.05, 3.63) is 154 Å². The van der Waals surface area contributed by atoms with E-state index >= 15 is 0 Å². The first-order valence-corrected chi connectivity index (χ1v) is 25.0. The van der Waals surface area contributed by atoms with Crippen molar-refractivity contribution in [3.8, 4) is 22.3 Å². The smallest absolute Gasteiger partial charge is 0.416 e. The van der Waals surface area contributed by atoms with Gasteiger partial charge in [0.05, 0.1) is 28.5 Å². The molecule has 0 aromatic heterocycles. The molecule has 394 valence electrons. The van der Waals surface area contributed by atoms with Gasteiger partial charge in [-0.1, -0.05) is 107 Å². The van der Waals surface area contributed by atoms with Crippen molar-refractivity contribution in [2.24, 2.45) is 11.8 Å². The van der Waals surface area contributed by atoms with Crippen LogP contribution in [0.4, 0.5) is 39.5 Å². The van der Waals surface area contributed by atoms with Crippen LogP contribution in [-0.2, 0) is 34.7 Å². The zero-order valence-electron chi connectivity index (χ0n) is 41.8. The second-order valence-corrected chi connectivity index (χ2v) is 20.5. The predicted octanol–water partition coefficient (Wildman–Crippen LogP) is 15.8. The Kier molecular flexibility index (Phi) is 18.7. The monoisotopic (exact) mass is 1020 g/mol. The number of carboxylic acid groups (broad SMARTS) is 2. The molecule has 0 bridgehead atoms. The highest BCUT2D eigenvalue weighted by Gasteiger charge is 2.33. The standard InChI is InChI=1S/C32H33F6NO2.C26H32F3NO2/c1-20(2)14-29(30(40)41)26-16-24(22-7-11-28(12-8-22)32(36,37)38)15-25(17-26)23-4-3-13-39(19-23)18-21-5-9-27(10-6-21)31(33,34)35;1-4-30-11-5-6-19(16-30)21-13-20(18-7-9-23(10-8-18)26(27,28)29)14-22(15-21)24(25(31)32)12-17(2)3/h5-12,15-17,20,23,29H,3-4,13-14,18-19H2,1-2H3,(H,40,41);7-10,13-15,17,19,24H,4-6,11-12,16H2,1-3H3,(H,31,32). The SMILES string of the molecule is CC(C)CC(C(=O)O)c1cc(-c2ccc(C(F)(F)F)cc2)cc(C2CCCN(Cc3ccc(C(F)(F)F)cc3)C2)c1.CCN1CCCC(c2cc(-c3ccc(C(F)(F)F)cc3)cc(C(CC(C)C)C(=O)O)c2)C1. The number of hydrogen-bond acceptors (Lipinski definition) is 4. The molecule has 0 aliphatic carbocycles. The van der Waals surface area contributed by atoms with Gasteiger partial charge in [-0.3, -0.25) is 14.5 Å². The van der Waals surface area contributed by atoms with Crippen molar-refractivity contribution in [1.29, 1.82) is 0 Å². The fraction of sp³-hybridized carbons (Fsp3) is 0.448. The van der Waals surface area contributed by atoms with Crippen LogP contribution in [0, 0.1) is 11.8 Å². The van der Waals surface area contributed by atoms with Gasteiger partial charge in [0.15, 0.2) is 0 Å². The number of carbonyl (C=O) groups is 2. The molecule has 2 aliphatic heterocycles. The summed E-state index contributed by atoms with van der Waals surface area (Å²) in [4.78, 5) is 28.9. The highest BCUT2D eigenvalue weighted by molar-refractivity contribution is 5.79. The maximum Gasteiger partial charge on any atom is 0.416 e. The molecule has 15 heteroatoms. The Morgan fingerprint density at radius 1 is 0.521 bits per heavy atom. The molecule has 5 aromatic carbocycles. The average molecular weight is 1030 g/mol. The summed E-state index contributed by atoms with van der Waals surface area (Å²) in [7, 11) is 0. The molecule has 2 saturated heterocycles. The van der Waals surface area contributed by atoms with E-state index in [-0.39, 0.29) is 23.7 Å². The van der Waals surface area contributed by atoms with Crippen LogP contribution >= 0.6 is 0 Å².